The first-order valence-electron chi connectivity index (χ1n) is 7.56. The van der Waals surface area contributed by atoms with Gasteiger partial charge in [-0.25, -0.2) is 12.7 Å². The fraction of sp³-hybridized carbons (Fsp3) is 0.571. The lowest BCUT2D eigenvalue weighted by atomic mass is 10.2. The number of piperazine rings is 1. The maximum absolute atomic E-state index is 12.6. The third-order valence-electron chi connectivity index (χ3n) is 4.04. The Morgan fingerprint density at radius 1 is 1.25 bits per heavy atom. The summed E-state index contributed by atoms with van der Waals surface area (Å²) in [7, 11) is -1.00. The summed E-state index contributed by atoms with van der Waals surface area (Å²) in [5, 5.41) is 20.0. The second-order valence-electron chi connectivity index (χ2n) is 5.75. The van der Waals surface area contributed by atoms with Gasteiger partial charge in [0.05, 0.1) is 17.2 Å². The number of non-ortho nitro benzene ring substituents is 1. The van der Waals surface area contributed by atoms with Gasteiger partial charge in [0.25, 0.3) is 5.69 Å². The molecule has 1 aromatic rings. The Morgan fingerprint density at radius 3 is 2.38 bits per heavy atom. The summed E-state index contributed by atoms with van der Waals surface area (Å²) in [5.41, 5.74) is 0.219. The number of hydrogen-bond acceptors (Lipinski definition) is 7. The van der Waals surface area contributed by atoms with E-state index in [4.69, 9.17) is 5.11 Å². The molecule has 1 aliphatic rings. The van der Waals surface area contributed by atoms with E-state index in [1.54, 1.807) is 0 Å². The lowest BCUT2D eigenvalue weighted by Crippen LogP contribution is -2.47. The number of aliphatic hydroxyl groups is 1. The molecule has 0 amide bonds. The van der Waals surface area contributed by atoms with E-state index in [1.807, 2.05) is 4.90 Å². The van der Waals surface area contributed by atoms with E-state index in [0.717, 1.165) is 10.4 Å². The quantitative estimate of drug-likeness (QED) is 0.561. The van der Waals surface area contributed by atoms with Crippen molar-refractivity contribution in [2.24, 2.45) is 0 Å². The first-order valence-corrected chi connectivity index (χ1v) is 9.00. The number of aliphatic hydroxyl groups excluding tert-OH is 1. The zero-order valence-corrected chi connectivity index (χ0v) is 14.6. The van der Waals surface area contributed by atoms with E-state index >= 15 is 0 Å². The predicted octanol–water partition coefficient (Wildman–Crippen LogP) is -0.0406. The molecule has 1 N–H and O–H groups in total. The Bertz CT molecular complexity index is 699. The van der Waals surface area contributed by atoms with Gasteiger partial charge in [0.2, 0.25) is 10.0 Å². The minimum Gasteiger partial charge on any atom is -0.395 e. The maximum Gasteiger partial charge on any atom is 0.270 e. The number of hydrogen-bond donors (Lipinski definition) is 1. The third-order valence-corrected chi connectivity index (χ3v) is 5.89. The molecule has 0 atom stereocenters. The molecular weight excluding hydrogens is 336 g/mol. The largest absolute Gasteiger partial charge is 0.395 e. The van der Waals surface area contributed by atoms with Crippen LogP contribution in [0.25, 0.3) is 0 Å². The van der Waals surface area contributed by atoms with Gasteiger partial charge in [-0.05, 0) is 6.07 Å². The number of β-amino-alcohol motifs (C(OH)–C–C–N with tert-alkyl or cyclic N) is 1. The average Bonchev–Trinajstić information content (AvgIpc) is 2.55. The van der Waals surface area contributed by atoms with Crippen molar-refractivity contribution in [3.8, 4) is 0 Å². The molecule has 0 unspecified atom stereocenters. The second-order valence-corrected chi connectivity index (χ2v) is 7.87. The fourth-order valence-corrected chi connectivity index (χ4v) is 3.76. The summed E-state index contributed by atoms with van der Waals surface area (Å²) in [6.45, 7) is 3.23. The summed E-state index contributed by atoms with van der Waals surface area (Å²) in [4.78, 5) is 14.3. The van der Waals surface area contributed by atoms with E-state index in [0.29, 0.717) is 38.4 Å². The van der Waals surface area contributed by atoms with E-state index in [2.05, 4.69) is 4.90 Å². The van der Waals surface area contributed by atoms with Crippen molar-refractivity contribution in [1.82, 2.24) is 9.21 Å². The minimum absolute atomic E-state index is 0.0580. The smallest absolute Gasteiger partial charge is 0.270 e. The molecule has 134 valence electrons. The Hall–Kier alpha value is -1.75. The molecule has 1 aromatic carbocycles. The minimum atomic E-state index is -3.80. The molecule has 1 saturated heterocycles. The number of nitrogens with zero attached hydrogens (tertiary/aromatic N) is 4. The van der Waals surface area contributed by atoms with Gasteiger partial charge in [0, 0.05) is 59.0 Å². The number of sulfonamides is 1. The van der Waals surface area contributed by atoms with E-state index in [-0.39, 0.29) is 17.2 Å². The Labute approximate surface area is 141 Å². The van der Waals surface area contributed by atoms with Gasteiger partial charge in [0.15, 0.2) is 0 Å². The van der Waals surface area contributed by atoms with Crippen LogP contribution in [0, 0.1) is 10.1 Å². The van der Waals surface area contributed by atoms with Crippen molar-refractivity contribution < 1.29 is 18.4 Å². The zero-order chi connectivity index (χ0) is 17.9. The molecule has 0 bridgehead atoms. The van der Waals surface area contributed by atoms with Gasteiger partial charge >= 0.3 is 0 Å². The van der Waals surface area contributed by atoms with Crippen molar-refractivity contribution in [2.45, 2.75) is 4.90 Å². The van der Waals surface area contributed by atoms with Crippen molar-refractivity contribution in [3.05, 3.63) is 28.3 Å². The molecule has 2 rings (SSSR count). The van der Waals surface area contributed by atoms with Crippen molar-refractivity contribution in [2.75, 3.05) is 58.3 Å². The molecule has 0 spiro atoms. The summed E-state index contributed by atoms with van der Waals surface area (Å²) in [6.07, 6.45) is 0. The normalized spacial score (nSPS) is 16.6. The number of nitro groups is 1. The topological polar surface area (TPSA) is 107 Å². The predicted molar refractivity (Wildman–Crippen MR) is 89.7 cm³/mol. The number of rotatable bonds is 6. The van der Waals surface area contributed by atoms with Crippen LogP contribution in [0.2, 0.25) is 0 Å². The fourth-order valence-electron chi connectivity index (χ4n) is 2.63. The van der Waals surface area contributed by atoms with Gasteiger partial charge in [-0.3, -0.25) is 15.0 Å². The van der Waals surface area contributed by atoms with E-state index in [1.165, 1.54) is 26.2 Å². The SMILES string of the molecule is CN(C)S(=O)(=O)c1cc([N+](=O)[O-])ccc1N1CCN(CCO)CC1. The summed E-state index contributed by atoms with van der Waals surface area (Å²) >= 11 is 0. The van der Waals surface area contributed by atoms with Crippen LogP contribution in [0.15, 0.2) is 23.1 Å². The Morgan fingerprint density at radius 2 is 1.88 bits per heavy atom. The highest BCUT2D eigenvalue weighted by Gasteiger charge is 2.28. The maximum atomic E-state index is 12.6. The molecular formula is C14H22N4O5S. The van der Waals surface area contributed by atoms with Crippen molar-refractivity contribution in [1.29, 1.82) is 0 Å². The van der Waals surface area contributed by atoms with Crippen LogP contribution in [0.1, 0.15) is 0 Å². The summed E-state index contributed by atoms with van der Waals surface area (Å²) in [5.74, 6) is 0. The molecule has 24 heavy (non-hydrogen) atoms. The van der Waals surface area contributed by atoms with Crippen LogP contribution in [-0.2, 0) is 10.0 Å². The molecule has 0 aliphatic carbocycles. The third kappa shape index (κ3) is 3.83. The Kier molecular flexibility index (Phi) is 5.75. The highest BCUT2D eigenvalue weighted by Crippen LogP contribution is 2.31. The van der Waals surface area contributed by atoms with Gasteiger partial charge in [-0.15, -0.1) is 0 Å². The number of anilines is 1. The van der Waals surface area contributed by atoms with Crippen LogP contribution >= 0.6 is 0 Å². The molecule has 0 radical (unpaired) electrons. The number of benzene rings is 1. The molecule has 1 fully saturated rings. The second kappa shape index (κ2) is 7.43. The number of nitro benzene ring substituents is 1. The van der Waals surface area contributed by atoms with Crippen LogP contribution in [0.3, 0.4) is 0 Å². The van der Waals surface area contributed by atoms with Crippen molar-refractivity contribution in [3.63, 3.8) is 0 Å². The van der Waals surface area contributed by atoms with Crippen LogP contribution < -0.4 is 4.90 Å². The molecule has 0 saturated carbocycles. The summed E-state index contributed by atoms with van der Waals surface area (Å²) in [6, 6.07) is 3.94. The monoisotopic (exact) mass is 358 g/mol. The van der Waals surface area contributed by atoms with Crippen LogP contribution in [0.5, 0.6) is 0 Å². The van der Waals surface area contributed by atoms with Crippen molar-refractivity contribution >= 4 is 21.4 Å². The van der Waals surface area contributed by atoms with Crippen LogP contribution in [0.4, 0.5) is 11.4 Å². The molecule has 1 aliphatic heterocycles. The lowest BCUT2D eigenvalue weighted by Gasteiger charge is -2.36. The molecule has 1 heterocycles. The molecule has 10 heteroatoms. The van der Waals surface area contributed by atoms with Crippen LogP contribution in [-0.4, -0.2) is 81.1 Å². The first kappa shape index (κ1) is 18.6. The Balaban J connectivity index is 2.38. The highest BCUT2D eigenvalue weighted by atomic mass is 32.2. The van der Waals surface area contributed by atoms with Gasteiger partial charge in [-0.1, -0.05) is 0 Å². The molecule has 9 nitrogen and oxygen atoms in total. The van der Waals surface area contributed by atoms with E-state index in [9.17, 15) is 18.5 Å². The van der Waals surface area contributed by atoms with E-state index < -0.39 is 14.9 Å². The average molecular weight is 358 g/mol. The van der Waals surface area contributed by atoms with Gasteiger partial charge < -0.3 is 10.0 Å². The summed E-state index contributed by atoms with van der Waals surface area (Å²) < 4.78 is 26.2. The first-order chi connectivity index (χ1) is 11.3. The standard InChI is InChI=1S/C14H22N4O5S/c1-15(2)24(22,23)14-11-12(18(20)21)3-4-13(14)17-7-5-16(6-8-17)9-10-19/h3-4,11,19H,5-10H2,1-2H3. The highest BCUT2D eigenvalue weighted by molar-refractivity contribution is 7.89. The molecule has 0 aromatic heterocycles. The zero-order valence-electron chi connectivity index (χ0n) is 13.8. The van der Waals surface area contributed by atoms with Gasteiger partial charge in [-0.2, -0.15) is 0 Å². The lowest BCUT2D eigenvalue weighted by molar-refractivity contribution is -0.385. The van der Waals surface area contributed by atoms with Gasteiger partial charge in [0.1, 0.15) is 4.90 Å².